The molecule has 0 fully saturated rings. The van der Waals surface area contributed by atoms with E-state index in [1.54, 1.807) is 31.5 Å². The van der Waals surface area contributed by atoms with E-state index in [1.807, 2.05) is 24.5 Å². The number of amides is 1. The molecule has 4 nitrogen and oxygen atoms in total. The Hall–Kier alpha value is -1.56. The van der Waals surface area contributed by atoms with E-state index < -0.39 is 0 Å². The van der Waals surface area contributed by atoms with Gasteiger partial charge in [0.2, 0.25) is 0 Å². The molecule has 1 atom stereocenters. The summed E-state index contributed by atoms with van der Waals surface area (Å²) in [4.78, 5) is 16.5. The molecule has 0 aliphatic heterocycles. The number of pyridine rings is 1. The van der Waals surface area contributed by atoms with Crippen LogP contribution in [-0.4, -0.2) is 30.8 Å². The number of halogens is 1. The molecule has 2 aromatic rings. The molecule has 0 aliphatic carbocycles. The number of methoxy groups -OCH3 is 1. The third-order valence-electron chi connectivity index (χ3n) is 3.19. The number of ether oxygens (including phenoxy) is 1. The van der Waals surface area contributed by atoms with Gasteiger partial charge in [-0.15, -0.1) is 11.8 Å². The first-order chi connectivity index (χ1) is 10.7. The lowest BCUT2D eigenvalue weighted by molar-refractivity contribution is 0.0825. The van der Waals surface area contributed by atoms with Crippen LogP contribution in [0.2, 0.25) is 5.02 Å². The lowest BCUT2D eigenvalue weighted by Crippen LogP contribution is -2.29. The number of rotatable bonds is 6. The Morgan fingerprint density at radius 3 is 2.82 bits per heavy atom. The smallest absolute Gasteiger partial charge is 0.254 e. The Morgan fingerprint density at radius 1 is 1.36 bits per heavy atom. The third kappa shape index (κ3) is 4.00. The first-order valence-corrected chi connectivity index (χ1v) is 8.32. The normalized spacial score (nSPS) is 12.0. The number of nitrogens with one attached hydrogen (secondary N) is 1. The molecule has 6 heteroatoms. The summed E-state index contributed by atoms with van der Waals surface area (Å²) in [6.45, 7) is 0.335. The maximum atomic E-state index is 12.3. The second-order valence-electron chi connectivity index (χ2n) is 4.52. The highest BCUT2D eigenvalue weighted by Crippen LogP contribution is 2.24. The second-order valence-corrected chi connectivity index (χ2v) is 5.72. The van der Waals surface area contributed by atoms with E-state index in [1.165, 1.54) is 11.8 Å². The topological polar surface area (TPSA) is 51.2 Å². The van der Waals surface area contributed by atoms with Crippen LogP contribution in [0.15, 0.2) is 47.6 Å². The standard InChI is InChI=1S/C16H17ClN2O2S/c1-21-14(11-6-3-4-8-13(11)17)10-19-15(20)12-7-5-9-18-16(12)22-2/h3-9,14H,10H2,1-2H3,(H,19,20). The third-order valence-corrected chi connectivity index (χ3v) is 4.25. The van der Waals surface area contributed by atoms with Gasteiger partial charge in [0.15, 0.2) is 0 Å². The lowest BCUT2D eigenvalue weighted by atomic mass is 10.1. The molecule has 0 bridgehead atoms. The number of nitrogens with zero attached hydrogens (tertiary/aromatic N) is 1. The molecule has 0 radical (unpaired) electrons. The van der Waals surface area contributed by atoms with Crippen LogP contribution in [0.25, 0.3) is 0 Å². The molecule has 1 amide bonds. The average Bonchev–Trinajstić information content (AvgIpc) is 2.56. The van der Waals surface area contributed by atoms with Crippen molar-refractivity contribution in [1.82, 2.24) is 10.3 Å². The van der Waals surface area contributed by atoms with Gasteiger partial charge in [0.05, 0.1) is 5.56 Å². The van der Waals surface area contributed by atoms with Gasteiger partial charge in [0.1, 0.15) is 11.1 Å². The number of thioether (sulfide) groups is 1. The van der Waals surface area contributed by atoms with Crippen LogP contribution in [0.3, 0.4) is 0 Å². The van der Waals surface area contributed by atoms with Gasteiger partial charge < -0.3 is 10.1 Å². The fourth-order valence-corrected chi connectivity index (χ4v) is 2.87. The van der Waals surface area contributed by atoms with Crippen molar-refractivity contribution in [2.24, 2.45) is 0 Å². The molecule has 0 aliphatic rings. The summed E-state index contributed by atoms with van der Waals surface area (Å²) in [6.07, 6.45) is 3.26. The molecule has 116 valence electrons. The van der Waals surface area contributed by atoms with Crippen LogP contribution >= 0.6 is 23.4 Å². The van der Waals surface area contributed by atoms with Crippen LogP contribution in [0, 0.1) is 0 Å². The quantitative estimate of drug-likeness (QED) is 0.819. The SMILES string of the molecule is COC(CNC(=O)c1cccnc1SC)c1ccccc1Cl. The van der Waals surface area contributed by atoms with E-state index in [2.05, 4.69) is 10.3 Å². The minimum Gasteiger partial charge on any atom is -0.375 e. The van der Waals surface area contributed by atoms with Gasteiger partial charge in [0.25, 0.3) is 5.91 Å². The molecule has 1 aromatic carbocycles. The minimum absolute atomic E-state index is 0.174. The molecule has 0 saturated carbocycles. The zero-order chi connectivity index (χ0) is 15.9. The molecule has 1 unspecified atom stereocenters. The Morgan fingerprint density at radius 2 is 2.14 bits per heavy atom. The maximum Gasteiger partial charge on any atom is 0.254 e. The monoisotopic (exact) mass is 336 g/mol. The van der Waals surface area contributed by atoms with E-state index in [-0.39, 0.29) is 12.0 Å². The van der Waals surface area contributed by atoms with Crippen molar-refractivity contribution in [2.45, 2.75) is 11.1 Å². The summed E-state index contributed by atoms with van der Waals surface area (Å²) in [5.74, 6) is -0.174. The Balaban J connectivity index is 2.08. The molecule has 0 spiro atoms. The fourth-order valence-electron chi connectivity index (χ4n) is 2.06. The van der Waals surface area contributed by atoms with Crippen molar-refractivity contribution < 1.29 is 9.53 Å². The van der Waals surface area contributed by atoms with Gasteiger partial charge >= 0.3 is 0 Å². The maximum absolute atomic E-state index is 12.3. The fraction of sp³-hybridized carbons (Fsp3) is 0.250. The van der Waals surface area contributed by atoms with Crippen LogP contribution in [0.1, 0.15) is 22.0 Å². The van der Waals surface area contributed by atoms with Crippen molar-refractivity contribution in [2.75, 3.05) is 19.9 Å². The van der Waals surface area contributed by atoms with Crippen LogP contribution in [-0.2, 0) is 4.74 Å². The summed E-state index contributed by atoms with van der Waals surface area (Å²) in [5.41, 5.74) is 1.41. The van der Waals surface area contributed by atoms with E-state index in [0.717, 1.165) is 5.56 Å². The number of benzene rings is 1. The minimum atomic E-state index is -0.299. The Labute approximate surface area is 139 Å². The molecular formula is C16H17ClN2O2S. The number of hydrogen-bond donors (Lipinski definition) is 1. The number of aromatic nitrogens is 1. The lowest BCUT2D eigenvalue weighted by Gasteiger charge is -2.18. The Kier molecular flexibility index (Phi) is 6.24. The summed E-state index contributed by atoms with van der Waals surface area (Å²) in [7, 11) is 1.59. The second kappa shape index (κ2) is 8.17. The van der Waals surface area contributed by atoms with E-state index in [9.17, 15) is 4.79 Å². The van der Waals surface area contributed by atoms with E-state index in [0.29, 0.717) is 22.2 Å². The molecule has 22 heavy (non-hydrogen) atoms. The number of carbonyl (C=O) groups is 1. The first kappa shape index (κ1) is 16.8. The van der Waals surface area contributed by atoms with Gasteiger partial charge in [-0.1, -0.05) is 29.8 Å². The van der Waals surface area contributed by atoms with Gasteiger partial charge in [-0.25, -0.2) is 4.98 Å². The van der Waals surface area contributed by atoms with Crippen molar-refractivity contribution >= 4 is 29.3 Å². The predicted octanol–water partition coefficient (Wildman–Crippen LogP) is 3.57. The van der Waals surface area contributed by atoms with Gasteiger partial charge in [0, 0.05) is 30.4 Å². The highest BCUT2D eigenvalue weighted by molar-refractivity contribution is 7.98. The van der Waals surface area contributed by atoms with Crippen molar-refractivity contribution in [1.29, 1.82) is 0 Å². The molecule has 1 N–H and O–H groups in total. The van der Waals surface area contributed by atoms with Crippen molar-refractivity contribution in [3.8, 4) is 0 Å². The van der Waals surface area contributed by atoms with Crippen molar-refractivity contribution in [3.05, 3.63) is 58.7 Å². The Bertz CT molecular complexity index is 652. The van der Waals surface area contributed by atoms with Crippen LogP contribution in [0.5, 0.6) is 0 Å². The predicted molar refractivity (Wildman–Crippen MR) is 89.6 cm³/mol. The van der Waals surface area contributed by atoms with Gasteiger partial charge in [-0.3, -0.25) is 4.79 Å². The molecular weight excluding hydrogens is 320 g/mol. The summed E-state index contributed by atoms with van der Waals surface area (Å²) >= 11 is 7.61. The van der Waals surface area contributed by atoms with E-state index >= 15 is 0 Å². The highest BCUT2D eigenvalue weighted by atomic mass is 35.5. The summed E-state index contributed by atoms with van der Waals surface area (Å²) in [5, 5.41) is 4.20. The molecule has 0 saturated heterocycles. The average molecular weight is 337 g/mol. The summed E-state index contributed by atoms with van der Waals surface area (Å²) in [6, 6.07) is 10.9. The van der Waals surface area contributed by atoms with Crippen LogP contribution in [0.4, 0.5) is 0 Å². The highest BCUT2D eigenvalue weighted by Gasteiger charge is 2.17. The molecule has 2 rings (SSSR count). The number of carbonyl (C=O) groups excluding carboxylic acids is 1. The molecule has 1 aromatic heterocycles. The van der Waals surface area contributed by atoms with Crippen molar-refractivity contribution in [3.63, 3.8) is 0 Å². The largest absolute Gasteiger partial charge is 0.375 e. The number of hydrogen-bond acceptors (Lipinski definition) is 4. The zero-order valence-electron chi connectivity index (χ0n) is 12.4. The molecule has 1 heterocycles. The summed E-state index contributed by atoms with van der Waals surface area (Å²) < 4.78 is 5.44. The van der Waals surface area contributed by atoms with Gasteiger partial charge in [-0.05, 0) is 24.5 Å². The van der Waals surface area contributed by atoms with Crippen LogP contribution < -0.4 is 5.32 Å². The van der Waals surface area contributed by atoms with E-state index in [4.69, 9.17) is 16.3 Å². The first-order valence-electron chi connectivity index (χ1n) is 6.71. The zero-order valence-corrected chi connectivity index (χ0v) is 13.9. The van der Waals surface area contributed by atoms with Gasteiger partial charge in [-0.2, -0.15) is 0 Å².